The second-order valence-corrected chi connectivity index (χ2v) is 6.80. The third-order valence-corrected chi connectivity index (χ3v) is 4.43. The molecule has 0 saturated carbocycles. The number of nitrogens with zero attached hydrogens (tertiary/aromatic N) is 2. The molecule has 0 aliphatic rings. The number of aryl methyl sites for hydroxylation is 2. The molecule has 0 aliphatic carbocycles. The second-order valence-electron chi connectivity index (χ2n) is 6.80. The lowest BCUT2D eigenvalue weighted by atomic mass is 10.1. The Morgan fingerprint density at radius 2 is 1.89 bits per heavy atom. The molecule has 3 aromatic rings. The molecule has 146 valence electrons. The molecule has 0 aliphatic heterocycles. The van der Waals surface area contributed by atoms with Gasteiger partial charge in [-0.3, -0.25) is 4.79 Å². The smallest absolute Gasteiger partial charge is 0.319 e. The summed E-state index contributed by atoms with van der Waals surface area (Å²) < 4.78 is 1.80. The number of urea groups is 1. The molecule has 28 heavy (non-hydrogen) atoms. The first-order valence-corrected chi connectivity index (χ1v) is 9.31. The van der Waals surface area contributed by atoms with E-state index in [1.54, 1.807) is 23.0 Å². The normalized spacial score (nSPS) is 10.7. The Morgan fingerprint density at radius 3 is 2.61 bits per heavy atom. The molecule has 7 heteroatoms. The van der Waals surface area contributed by atoms with Crippen LogP contribution in [0.4, 0.5) is 10.5 Å². The number of hydrogen-bond acceptors (Lipinski definition) is 3. The Balaban J connectivity index is 1.77. The van der Waals surface area contributed by atoms with Crippen LogP contribution in [-0.4, -0.2) is 28.0 Å². The van der Waals surface area contributed by atoms with E-state index in [9.17, 15) is 9.59 Å². The lowest BCUT2D eigenvalue weighted by Gasteiger charge is -2.07. The minimum absolute atomic E-state index is 0.180. The maximum absolute atomic E-state index is 12.7. The van der Waals surface area contributed by atoms with Gasteiger partial charge in [-0.1, -0.05) is 36.8 Å². The minimum Gasteiger partial charge on any atom is -0.348 e. The monoisotopic (exact) mass is 379 g/mol. The molecular weight excluding hydrogens is 354 g/mol. The van der Waals surface area contributed by atoms with E-state index in [0.717, 1.165) is 12.0 Å². The first kappa shape index (κ1) is 19.4. The number of hydrogen-bond donors (Lipinski definition) is 3. The number of amides is 3. The van der Waals surface area contributed by atoms with Crippen LogP contribution in [0.1, 0.15) is 34.8 Å². The van der Waals surface area contributed by atoms with Gasteiger partial charge in [0.1, 0.15) is 5.65 Å². The zero-order valence-corrected chi connectivity index (χ0v) is 16.4. The molecule has 0 bridgehead atoms. The number of aromatic nitrogens is 2. The third-order valence-electron chi connectivity index (χ3n) is 4.43. The summed E-state index contributed by atoms with van der Waals surface area (Å²) in [5, 5.41) is 9.15. The van der Waals surface area contributed by atoms with Gasteiger partial charge in [0.05, 0.1) is 17.4 Å². The second kappa shape index (κ2) is 8.56. The molecule has 3 N–H and O–H groups in total. The van der Waals surface area contributed by atoms with Crippen LogP contribution < -0.4 is 16.0 Å². The largest absolute Gasteiger partial charge is 0.348 e. The summed E-state index contributed by atoms with van der Waals surface area (Å²) in [7, 11) is 1.84. The van der Waals surface area contributed by atoms with Gasteiger partial charge in [-0.15, -0.1) is 0 Å². The lowest BCUT2D eigenvalue weighted by molar-refractivity contribution is 0.0952. The Bertz CT molecular complexity index is 992. The van der Waals surface area contributed by atoms with Crippen molar-refractivity contribution in [2.45, 2.75) is 26.8 Å². The summed E-state index contributed by atoms with van der Waals surface area (Å²) in [6.45, 7) is 5.05. The number of anilines is 1. The molecule has 3 rings (SSSR count). The van der Waals surface area contributed by atoms with Crippen molar-refractivity contribution >= 4 is 28.7 Å². The van der Waals surface area contributed by atoms with Gasteiger partial charge in [0, 0.05) is 31.7 Å². The van der Waals surface area contributed by atoms with Gasteiger partial charge in [0.15, 0.2) is 0 Å². The van der Waals surface area contributed by atoms with Crippen LogP contribution in [0, 0.1) is 6.92 Å². The van der Waals surface area contributed by atoms with Crippen LogP contribution in [0.15, 0.2) is 42.7 Å². The maximum atomic E-state index is 12.7. The van der Waals surface area contributed by atoms with Crippen LogP contribution in [0.25, 0.3) is 11.0 Å². The van der Waals surface area contributed by atoms with E-state index in [0.29, 0.717) is 35.4 Å². The van der Waals surface area contributed by atoms with E-state index >= 15 is 0 Å². The van der Waals surface area contributed by atoms with Crippen molar-refractivity contribution in [1.29, 1.82) is 0 Å². The molecule has 2 heterocycles. The fourth-order valence-electron chi connectivity index (χ4n) is 2.91. The van der Waals surface area contributed by atoms with Gasteiger partial charge in [-0.05, 0) is 25.0 Å². The molecule has 0 spiro atoms. The van der Waals surface area contributed by atoms with Crippen LogP contribution in [0.5, 0.6) is 0 Å². The molecule has 2 aromatic heterocycles. The van der Waals surface area contributed by atoms with E-state index in [1.165, 1.54) is 5.56 Å². The van der Waals surface area contributed by atoms with Crippen LogP contribution in [-0.2, 0) is 13.6 Å². The van der Waals surface area contributed by atoms with Crippen LogP contribution in [0.2, 0.25) is 0 Å². The zero-order chi connectivity index (χ0) is 20.1. The van der Waals surface area contributed by atoms with Crippen molar-refractivity contribution in [1.82, 2.24) is 20.2 Å². The Hall–Kier alpha value is -3.35. The van der Waals surface area contributed by atoms with E-state index < -0.39 is 0 Å². The topological polar surface area (TPSA) is 88.1 Å². The van der Waals surface area contributed by atoms with E-state index in [2.05, 4.69) is 20.9 Å². The average Bonchev–Trinajstić information content (AvgIpc) is 3.02. The number of nitrogens with one attached hydrogen (secondary N) is 3. The van der Waals surface area contributed by atoms with Crippen molar-refractivity contribution in [2.24, 2.45) is 7.05 Å². The number of carbonyl (C=O) groups excluding carboxylic acids is 2. The summed E-state index contributed by atoms with van der Waals surface area (Å²) in [4.78, 5) is 29.0. The highest BCUT2D eigenvalue weighted by Crippen LogP contribution is 2.22. The molecule has 0 fully saturated rings. The molecule has 7 nitrogen and oxygen atoms in total. The fraction of sp³-hybridized carbons (Fsp3) is 0.286. The summed E-state index contributed by atoms with van der Waals surface area (Å²) in [6, 6.07) is 9.52. The fourth-order valence-corrected chi connectivity index (χ4v) is 2.91. The van der Waals surface area contributed by atoms with E-state index in [1.807, 2.05) is 45.2 Å². The van der Waals surface area contributed by atoms with Crippen molar-refractivity contribution in [2.75, 3.05) is 11.9 Å². The van der Waals surface area contributed by atoms with E-state index in [-0.39, 0.29) is 11.9 Å². The summed E-state index contributed by atoms with van der Waals surface area (Å²) in [5.41, 5.74) is 3.96. The van der Waals surface area contributed by atoms with Gasteiger partial charge in [-0.25, -0.2) is 9.78 Å². The quantitative estimate of drug-likeness (QED) is 0.614. The number of pyridine rings is 1. The Morgan fingerprint density at radius 1 is 1.14 bits per heavy atom. The number of carbonyl (C=O) groups is 2. The maximum Gasteiger partial charge on any atom is 0.319 e. The van der Waals surface area contributed by atoms with Crippen molar-refractivity contribution in [3.8, 4) is 0 Å². The van der Waals surface area contributed by atoms with Crippen molar-refractivity contribution < 1.29 is 9.59 Å². The highest BCUT2D eigenvalue weighted by Gasteiger charge is 2.16. The number of rotatable bonds is 6. The predicted octanol–water partition coefficient (Wildman–Crippen LogP) is 3.34. The molecule has 0 radical (unpaired) electrons. The Labute approximate surface area is 164 Å². The Kier molecular flexibility index (Phi) is 5.93. The minimum atomic E-state index is -0.288. The molecule has 1 aromatic carbocycles. The van der Waals surface area contributed by atoms with Crippen LogP contribution in [0.3, 0.4) is 0 Å². The first-order valence-electron chi connectivity index (χ1n) is 9.31. The summed E-state index contributed by atoms with van der Waals surface area (Å²) in [5.74, 6) is -0.180. The van der Waals surface area contributed by atoms with Gasteiger partial charge >= 0.3 is 6.03 Å². The first-order chi connectivity index (χ1) is 13.5. The van der Waals surface area contributed by atoms with Crippen molar-refractivity contribution in [3.05, 3.63) is 59.4 Å². The SMILES string of the molecule is CCCNC(=O)Nc1cnc2c(c1)c(C(=O)NCc1ccc(C)cc1)cn2C. The van der Waals surface area contributed by atoms with Gasteiger partial charge in [-0.2, -0.15) is 0 Å². The predicted molar refractivity (Wildman–Crippen MR) is 110 cm³/mol. The molecule has 0 unspecified atom stereocenters. The standard InChI is InChI=1S/C21H25N5O2/c1-4-9-22-21(28)25-16-10-17-18(13-26(3)19(17)23-12-16)20(27)24-11-15-7-5-14(2)6-8-15/h5-8,10,12-13H,4,9,11H2,1-3H3,(H,24,27)(H2,22,25,28). The van der Waals surface area contributed by atoms with Crippen LogP contribution >= 0.6 is 0 Å². The summed E-state index contributed by atoms with van der Waals surface area (Å²) in [6.07, 6.45) is 4.19. The molecule has 0 atom stereocenters. The highest BCUT2D eigenvalue weighted by atomic mass is 16.2. The number of benzene rings is 1. The van der Waals surface area contributed by atoms with Gasteiger partial charge < -0.3 is 20.5 Å². The number of fused-ring (bicyclic) bond motifs is 1. The lowest BCUT2D eigenvalue weighted by Crippen LogP contribution is -2.29. The van der Waals surface area contributed by atoms with Gasteiger partial charge in [0.2, 0.25) is 0 Å². The third kappa shape index (κ3) is 4.49. The molecule has 3 amide bonds. The zero-order valence-electron chi connectivity index (χ0n) is 16.4. The summed E-state index contributed by atoms with van der Waals surface area (Å²) >= 11 is 0. The highest BCUT2D eigenvalue weighted by molar-refractivity contribution is 6.07. The van der Waals surface area contributed by atoms with E-state index in [4.69, 9.17) is 0 Å². The van der Waals surface area contributed by atoms with Crippen molar-refractivity contribution in [3.63, 3.8) is 0 Å². The molecular formula is C21H25N5O2. The van der Waals surface area contributed by atoms with Gasteiger partial charge in [0.25, 0.3) is 5.91 Å². The molecule has 0 saturated heterocycles. The average molecular weight is 379 g/mol.